The lowest BCUT2D eigenvalue weighted by Gasteiger charge is -2.13. The lowest BCUT2D eigenvalue weighted by atomic mass is 10.2. The summed E-state index contributed by atoms with van der Waals surface area (Å²) in [5.74, 6) is 0. The minimum absolute atomic E-state index is 0.470. The van der Waals surface area contributed by atoms with Crippen LogP contribution in [0, 0.1) is 6.92 Å². The summed E-state index contributed by atoms with van der Waals surface area (Å²) in [6.07, 6.45) is 5.98. The molecule has 1 atom stereocenters. The van der Waals surface area contributed by atoms with Gasteiger partial charge in [-0.2, -0.15) is 0 Å². The maximum atomic E-state index is 4.23. The van der Waals surface area contributed by atoms with E-state index in [-0.39, 0.29) is 0 Å². The average Bonchev–Trinajstić information content (AvgIpc) is 2.18. The monoisotopic (exact) mass is 190 g/mol. The minimum Gasteiger partial charge on any atom is -0.381 e. The van der Waals surface area contributed by atoms with E-state index in [0.717, 1.165) is 24.2 Å². The van der Waals surface area contributed by atoms with Crippen molar-refractivity contribution in [1.82, 2.24) is 4.98 Å². The molecule has 1 N–H and O–H groups in total. The van der Waals surface area contributed by atoms with E-state index in [1.807, 2.05) is 25.3 Å². The summed E-state index contributed by atoms with van der Waals surface area (Å²) in [5, 5.41) is 3.39. The van der Waals surface area contributed by atoms with Gasteiger partial charge in [-0.05, 0) is 38.8 Å². The Morgan fingerprint density at radius 3 is 2.93 bits per heavy atom. The zero-order valence-electron chi connectivity index (χ0n) is 8.96. The van der Waals surface area contributed by atoms with Crippen molar-refractivity contribution >= 4 is 5.69 Å². The van der Waals surface area contributed by atoms with Gasteiger partial charge in [0.2, 0.25) is 0 Å². The van der Waals surface area contributed by atoms with Gasteiger partial charge in [-0.3, -0.25) is 4.98 Å². The first-order valence-electron chi connectivity index (χ1n) is 5.02. The van der Waals surface area contributed by atoms with Crippen LogP contribution in [-0.4, -0.2) is 11.0 Å². The Bertz CT molecular complexity index is 277. The first-order chi connectivity index (χ1) is 6.72. The molecule has 0 spiro atoms. The zero-order valence-corrected chi connectivity index (χ0v) is 8.96. The second-order valence-electron chi connectivity index (χ2n) is 3.60. The molecule has 0 fully saturated rings. The third-order valence-corrected chi connectivity index (χ3v) is 2.13. The number of hydrogen-bond donors (Lipinski definition) is 1. The second kappa shape index (κ2) is 5.43. The summed E-state index contributed by atoms with van der Waals surface area (Å²) in [5.41, 5.74) is 2.14. The molecule has 1 aromatic rings. The van der Waals surface area contributed by atoms with E-state index >= 15 is 0 Å². The Morgan fingerprint density at radius 1 is 1.57 bits per heavy atom. The summed E-state index contributed by atoms with van der Waals surface area (Å²) in [4.78, 5) is 4.23. The second-order valence-corrected chi connectivity index (χ2v) is 3.60. The fourth-order valence-corrected chi connectivity index (χ4v) is 1.28. The van der Waals surface area contributed by atoms with Gasteiger partial charge in [-0.25, -0.2) is 0 Å². The minimum atomic E-state index is 0.470. The molecular weight excluding hydrogens is 172 g/mol. The molecule has 0 bridgehead atoms. The van der Waals surface area contributed by atoms with Gasteiger partial charge in [-0.15, -0.1) is 6.58 Å². The van der Waals surface area contributed by atoms with Crippen LogP contribution in [0.3, 0.4) is 0 Å². The van der Waals surface area contributed by atoms with Crippen LogP contribution in [0.25, 0.3) is 0 Å². The number of aryl methyl sites for hydroxylation is 1. The van der Waals surface area contributed by atoms with Crippen LogP contribution < -0.4 is 5.32 Å². The van der Waals surface area contributed by atoms with Gasteiger partial charge in [0, 0.05) is 11.7 Å². The number of nitrogens with one attached hydrogen (secondary N) is 1. The molecule has 0 amide bonds. The first kappa shape index (κ1) is 10.8. The maximum Gasteiger partial charge on any atom is 0.0528 e. The van der Waals surface area contributed by atoms with Crippen molar-refractivity contribution in [2.75, 3.05) is 5.32 Å². The van der Waals surface area contributed by atoms with E-state index in [1.54, 1.807) is 0 Å². The summed E-state index contributed by atoms with van der Waals surface area (Å²) in [7, 11) is 0. The number of rotatable bonds is 5. The quantitative estimate of drug-likeness (QED) is 0.721. The standard InChI is InChI=1S/C12H18N2/c1-4-5-6-11(3)14-12-8-7-10(2)13-9-12/h4,7-9,11,14H,1,5-6H2,2-3H3. The molecular formula is C12H18N2. The lowest BCUT2D eigenvalue weighted by molar-refractivity contribution is 0.718. The molecule has 14 heavy (non-hydrogen) atoms. The third-order valence-electron chi connectivity index (χ3n) is 2.13. The molecule has 0 saturated carbocycles. The molecule has 0 aromatic carbocycles. The number of pyridine rings is 1. The van der Waals surface area contributed by atoms with Crippen LogP contribution in [0.5, 0.6) is 0 Å². The van der Waals surface area contributed by atoms with Gasteiger partial charge in [0.25, 0.3) is 0 Å². The van der Waals surface area contributed by atoms with E-state index in [9.17, 15) is 0 Å². The highest BCUT2D eigenvalue weighted by atomic mass is 14.9. The molecule has 2 nitrogen and oxygen atoms in total. The number of allylic oxidation sites excluding steroid dienone is 1. The Labute approximate surface area is 86.1 Å². The van der Waals surface area contributed by atoms with Gasteiger partial charge in [0.05, 0.1) is 11.9 Å². The normalized spacial score (nSPS) is 12.1. The Kier molecular flexibility index (Phi) is 4.17. The van der Waals surface area contributed by atoms with Crippen LogP contribution >= 0.6 is 0 Å². The predicted molar refractivity (Wildman–Crippen MR) is 61.5 cm³/mol. The molecule has 1 unspecified atom stereocenters. The van der Waals surface area contributed by atoms with E-state index in [1.165, 1.54) is 0 Å². The van der Waals surface area contributed by atoms with Gasteiger partial charge >= 0.3 is 0 Å². The highest BCUT2D eigenvalue weighted by Gasteiger charge is 2.00. The largest absolute Gasteiger partial charge is 0.381 e. The molecule has 1 aromatic heterocycles. The van der Waals surface area contributed by atoms with E-state index in [2.05, 4.69) is 29.9 Å². The molecule has 1 rings (SSSR count). The van der Waals surface area contributed by atoms with E-state index < -0.39 is 0 Å². The molecule has 0 aliphatic rings. The SMILES string of the molecule is C=CCCC(C)Nc1ccc(C)nc1. The van der Waals surface area contributed by atoms with Gasteiger partial charge < -0.3 is 5.32 Å². The highest BCUT2D eigenvalue weighted by Crippen LogP contribution is 2.09. The van der Waals surface area contributed by atoms with Crippen molar-refractivity contribution in [2.24, 2.45) is 0 Å². The summed E-state index contributed by atoms with van der Waals surface area (Å²) in [6, 6.07) is 4.55. The maximum absolute atomic E-state index is 4.23. The molecule has 1 heterocycles. The van der Waals surface area contributed by atoms with Crippen LogP contribution in [0.4, 0.5) is 5.69 Å². The molecule has 2 heteroatoms. The molecule has 0 radical (unpaired) electrons. The fraction of sp³-hybridized carbons (Fsp3) is 0.417. The predicted octanol–water partition coefficient (Wildman–Crippen LogP) is 3.16. The topological polar surface area (TPSA) is 24.9 Å². The Hall–Kier alpha value is -1.31. The highest BCUT2D eigenvalue weighted by molar-refractivity contribution is 5.41. The van der Waals surface area contributed by atoms with Gasteiger partial charge in [-0.1, -0.05) is 6.08 Å². The van der Waals surface area contributed by atoms with Crippen molar-refractivity contribution in [2.45, 2.75) is 32.7 Å². The number of anilines is 1. The Balaban J connectivity index is 2.43. The Morgan fingerprint density at radius 2 is 2.36 bits per heavy atom. The lowest BCUT2D eigenvalue weighted by Crippen LogP contribution is -2.14. The van der Waals surface area contributed by atoms with Crippen molar-refractivity contribution in [3.63, 3.8) is 0 Å². The average molecular weight is 190 g/mol. The molecule has 76 valence electrons. The first-order valence-corrected chi connectivity index (χ1v) is 5.02. The van der Waals surface area contributed by atoms with Crippen LogP contribution in [-0.2, 0) is 0 Å². The summed E-state index contributed by atoms with van der Waals surface area (Å²) >= 11 is 0. The molecule has 0 aliphatic heterocycles. The van der Waals surface area contributed by atoms with Gasteiger partial charge in [0.1, 0.15) is 0 Å². The summed E-state index contributed by atoms with van der Waals surface area (Å²) < 4.78 is 0. The number of aromatic nitrogens is 1. The molecule has 0 aliphatic carbocycles. The van der Waals surface area contributed by atoms with Gasteiger partial charge in [0.15, 0.2) is 0 Å². The molecule has 0 saturated heterocycles. The number of nitrogens with zero attached hydrogens (tertiary/aromatic N) is 1. The van der Waals surface area contributed by atoms with Crippen molar-refractivity contribution in [1.29, 1.82) is 0 Å². The number of hydrogen-bond acceptors (Lipinski definition) is 2. The van der Waals surface area contributed by atoms with Crippen molar-refractivity contribution < 1.29 is 0 Å². The van der Waals surface area contributed by atoms with Crippen molar-refractivity contribution in [3.8, 4) is 0 Å². The summed E-state index contributed by atoms with van der Waals surface area (Å²) in [6.45, 7) is 7.87. The van der Waals surface area contributed by atoms with E-state index in [0.29, 0.717) is 6.04 Å². The van der Waals surface area contributed by atoms with Crippen LogP contribution in [0.15, 0.2) is 31.0 Å². The van der Waals surface area contributed by atoms with Crippen LogP contribution in [0.2, 0.25) is 0 Å². The van der Waals surface area contributed by atoms with Crippen LogP contribution in [0.1, 0.15) is 25.5 Å². The fourth-order valence-electron chi connectivity index (χ4n) is 1.28. The smallest absolute Gasteiger partial charge is 0.0528 e. The third kappa shape index (κ3) is 3.60. The van der Waals surface area contributed by atoms with Crippen molar-refractivity contribution in [3.05, 3.63) is 36.7 Å². The van der Waals surface area contributed by atoms with E-state index in [4.69, 9.17) is 0 Å². The zero-order chi connectivity index (χ0) is 10.4.